The molecular weight excluding hydrogens is 242 g/mol. The van der Waals surface area contributed by atoms with Crippen molar-refractivity contribution in [1.82, 2.24) is 4.90 Å². The summed E-state index contributed by atoms with van der Waals surface area (Å²) in [6.45, 7) is 9.87. The van der Waals surface area contributed by atoms with Gasteiger partial charge in [0, 0.05) is 6.54 Å². The standard InChI is InChI=1S/C16H26ClN/c1-4-11-18(12-5-2)13-16(17)15-9-7-14(6-3)8-10-15/h7-10,16H,4-6,11-13H2,1-3H3. The monoisotopic (exact) mass is 267 g/mol. The molecule has 2 heteroatoms. The molecule has 0 aliphatic carbocycles. The lowest BCUT2D eigenvalue weighted by molar-refractivity contribution is 0.275. The lowest BCUT2D eigenvalue weighted by Gasteiger charge is -2.24. The molecule has 0 amide bonds. The van der Waals surface area contributed by atoms with Gasteiger partial charge in [-0.05, 0) is 43.5 Å². The molecule has 1 rings (SSSR count). The predicted octanol–water partition coefficient (Wildman–Crippen LogP) is 4.65. The number of aryl methyl sites for hydroxylation is 1. The van der Waals surface area contributed by atoms with Crippen molar-refractivity contribution in [1.29, 1.82) is 0 Å². The van der Waals surface area contributed by atoms with E-state index in [4.69, 9.17) is 11.6 Å². The molecule has 1 aromatic rings. The average Bonchev–Trinajstić information content (AvgIpc) is 2.39. The lowest BCUT2D eigenvalue weighted by Crippen LogP contribution is -2.28. The van der Waals surface area contributed by atoms with Gasteiger partial charge in [0.15, 0.2) is 0 Å². The molecular formula is C16H26ClN. The average molecular weight is 268 g/mol. The summed E-state index contributed by atoms with van der Waals surface area (Å²) in [6, 6.07) is 8.72. The van der Waals surface area contributed by atoms with Crippen molar-refractivity contribution in [2.24, 2.45) is 0 Å². The van der Waals surface area contributed by atoms with Gasteiger partial charge in [0.05, 0.1) is 5.38 Å². The molecule has 1 unspecified atom stereocenters. The molecule has 0 bridgehead atoms. The molecule has 1 nitrogen and oxygen atoms in total. The largest absolute Gasteiger partial charge is 0.302 e. The Morgan fingerprint density at radius 3 is 2.00 bits per heavy atom. The molecule has 1 atom stereocenters. The summed E-state index contributed by atoms with van der Waals surface area (Å²) in [5.41, 5.74) is 2.62. The Morgan fingerprint density at radius 2 is 1.56 bits per heavy atom. The topological polar surface area (TPSA) is 3.24 Å². The zero-order chi connectivity index (χ0) is 13.4. The molecule has 0 heterocycles. The minimum absolute atomic E-state index is 0.106. The molecule has 0 saturated heterocycles. The van der Waals surface area contributed by atoms with E-state index in [2.05, 4.69) is 49.9 Å². The van der Waals surface area contributed by atoms with E-state index in [1.807, 2.05) is 0 Å². The number of hydrogen-bond acceptors (Lipinski definition) is 1. The van der Waals surface area contributed by atoms with Crippen molar-refractivity contribution >= 4 is 11.6 Å². The highest BCUT2D eigenvalue weighted by atomic mass is 35.5. The van der Waals surface area contributed by atoms with Crippen LogP contribution in [-0.4, -0.2) is 24.5 Å². The molecule has 0 fully saturated rings. The first kappa shape index (κ1) is 15.5. The predicted molar refractivity (Wildman–Crippen MR) is 81.4 cm³/mol. The van der Waals surface area contributed by atoms with Crippen LogP contribution in [-0.2, 0) is 6.42 Å². The minimum Gasteiger partial charge on any atom is -0.302 e. The summed E-state index contributed by atoms with van der Waals surface area (Å²) in [5.74, 6) is 0. The van der Waals surface area contributed by atoms with Crippen molar-refractivity contribution in [3.05, 3.63) is 35.4 Å². The zero-order valence-electron chi connectivity index (χ0n) is 12.0. The Labute approximate surface area is 117 Å². The highest BCUT2D eigenvalue weighted by Crippen LogP contribution is 2.22. The van der Waals surface area contributed by atoms with E-state index < -0.39 is 0 Å². The normalized spacial score (nSPS) is 12.9. The molecule has 102 valence electrons. The maximum absolute atomic E-state index is 6.53. The van der Waals surface area contributed by atoms with E-state index in [-0.39, 0.29) is 5.38 Å². The zero-order valence-corrected chi connectivity index (χ0v) is 12.7. The SMILES string of the molecule is CCCN(CCC)CC(Cl)c1ccc(CC)cc1. The van der Waals surface area contributed by atoms with Crippen LogP contribution in [0.2, 0.25) is 0 Å². The molecule has 0 N–H and O–H groups in total. The summed E-state index contributed by atoms with van der Waals surface area (Å²) in [4.78, 5) is 2.46. The van der Waals surface area contributed by atoms with Gasteiger partial charge < -0.3 is 4.90 Å². The Balaban J connectivity index is 2.58. The van der Waals surface area contributed by atoms with Gasteiger partial charge in [-0.2, -0.15) is 0 Å². The number of rotatable bonds is 8. The minimum atomic E-state index is 0.106. The Bertz CT molecular complexity index is 314. The van der Waals surface area contributed by atoms with E-state index in [1.165, 1.54) is 24.0 Å². The maximum Gasteiger partial charge on any atom is 0.0712 e. The Kier molecular flexibility index (Phi) is 7.38. The van der Waals surface area contributed by atoms with Gasteiger partial charge >= 0.3 is 0 Å². The lowest BCUT2D eigenvalue weighted by atomic mass is 10.1. The molecule has 0 aromatic heterocycles. The first-order valence-electron chi connectivity index (χ1n) is 7.16. The second kappa shape index (κ2) is 8.55. The van der Waals surface area contributed by atoms with E-state index >= 15 is 0 Å². The van der Waals surface area contributed by atoms with Crippen LogP contribution in [0.3, 0.4) is 0 Å². The van der Waals surface area contributed by atoms with Crippen LogP contribution in [0.4, 0.5) is 0 Å². The van der Waals surface area contributed by atoms with Crippen molar-refractivity contribution in [2.75, 3.05) is 19.6 Å². The Hall–Kier alpha value is -0.530. The summed E-state index contributed by atoms with van der Waals surface area (Å²) in [7, 11) is 0. The third-order valence-corrected chi connectivity index (χ3v) is 3.64. The van der Waals surface area contributed by atoms with Crippen LogP contribution >= 0.6 is 11.6 Å². The van der Waals surface area contributed by atoms with Gasteiger partial charge in [0.2, 0.25) is 0 Å². The molecule has 1 aromatic carbocycles. The number of hydrogen-bond donors (Lipinski definition) is 0. The highest BCUT2D eigenvalue weighted by molar-refractivity contribution is 6.21. The number of halogens is 1. The van der Waals surface area contributed by atoms with Gasteiger partial charge in [0.1, 0.15) is 0 Å². The number of benzene rings is 1. The number of nitrogens with zero attached hydrogens (tertiary/aromatic N) is 1. The van der Waals surface area contributed by atoms with Gasteiger partial charge in [-0.15, -0.1) is 11.6 Å². The molecule has 0 radical (unpaired) electrons. The fourth-order valence-electron chi connectivity index (χ4n) is 2.22. The van der Waals surface area contributed by atoms with Crippen molar-refractivity contribution in [2.45, 2.75) is 45.4 Å². The molecule has 0 aliphatic rings. The first-order valence-corrected chi connectivity index (χ1v) is 7.60. The summed E-state index contributed by atoms with van der Waals surface area (Å²) in [5, 5.41) is 0.106. The molecule has 0 aliphatic heterocycles. The fraction of sp³-hybridized carbons (Fsp3) is 0.625. The first-order chi connectivity index (χ1) is 8.71. The van der Waals surface area contributed by atoms with E-state index in [0.717, 1.165) is 26.1 Å². The van der Waals surface area contributed by atoms with E-state index in [0.29, 0.717) is 0 Å². The van der Waals surface area contributed by atoms with Gasteiger partial charge in [-0.1, -0.05) is 45.0 Å². The van der Waals surface area contributed by atoms with Crippen molar-refractivity contribution < 1.29 is 0 Å². The summed E-state index contributed by atoms with van der Waals surface area (Å²) in [6.07, 6.45) is 3.47. The van der Waals surface area contributed by atoms with Crippen LogP contribution in [0.15, 0.2) is 24.3 Å². The molecule has 18 heavy (non-hydrogen) atoms. The van der Waals surface area contributed by atoms with Crippen LogP contribution in [0.25, 0.3) is 0 Å². The van der Waals surface area contributed by atoms with Crippen LogP contribution < -0.4 is 0 Å². The maximum atomic E-state index is 6.53. The van der Waals surface area contributed by atoms with Crippen LogP contribution in [0.5, 0.6) is 0 Å². The van der Waals surface area contributed by atoms with Crippen LogP contribution in [0, 0.1) is 0 Å². The van der Waals surface area contributed by atoms with Crippen molar-refractivity contribution in [3.63, 3.8) is 0 Å². The second-order valence-electron chi connectivity index (χ2n) is 4.86. The highest BCUT2D eigenvalue weighted by Gasteiger charge is 2.12. The van der Waals surface area contributed by atoms with E-state index in [1.54, 1.807) is 0 Å². The fourth-order valence-corrected chi connectivity index (χ4v) is 2.56. The number of alkyl halides is 1. The van der Waals surface area contributed by atoms with E-state index in [9.17, 15) is 0 Å². The third kappa shape index (κ3) is 4.99. The van der Waals surface area contributed by atoms with Crippen LogP contribution in [0.1, 0.15) is 50.1 Å². The molecule has 0 saturated carbocycles. The molecule has 0 spiro atoms. The summed E-state index contributed by atoms with van der Waals surface area (Å²) < 4.78 is 0. The van der Waals surface area contributed by atoms with Crippen molar-refractivity contribution in [3.8, 4) is 0 Å². The van der Waals surface area contributed by atoms with Gasteiger partial charge in [-0.3, -0.25) is 0 Å². The quantitative estimate of drug-likeness (QED) is 0.620. The van der Waals surface area contributed by atoms with Gasteiger partial charge in [0.25, 0.3) is 0 Å². The smallest absolute Gasteiger partial charge is 0.0712 e. The Morgan fingerprint density at radius 1 is 1.00 bits per heavy atom. The van der Waals surface area contributed by atoms with Gasteiger partial charge in [-0.25, -0.2) is 0 Å². The summed E-state index contributed by atoms with van der Waals surface area (Å²) >= 11 is 6.53. The third-order valence-electron chi connectivity index (χ3n) is 3.25. The second-order valence-corrected chi connectivity index (χ2v) is 5.39.